The van der Waals surface area contributed by atoms with Gasteiger partial charge in [0.25, 0.3) is 5.91 Å². The molecule has 35 heavy (non-hydrogen) atoms. The van der Waals surface area contributed by atoms with Crippen LogP contribution in [-0.4, -0.2) is 48.9 Å². The summed E-state index contributed by atoms with van der Waals surface area (Å²) in [6.07, 6.45) is 1.53. The molecule has 2 amide bonds. The van der Waals surface area contributed by atoms with Gasteiger partial charge in [0, 0.05) is 46.8 Å². The zero-order chi connectivity index (χ0) is 25.8. The summed E-state index contributed by atoms with van der Waals surface area (Å²) in [4.78, 5) is 23.4. The maximum Gasteiger partial charge on any atom is 0.255 e. The zero-order valence-electron chi connectivity index (χ0n) is 19.7. The molecule has 0 radical (unpaired) electrons. The number of halogens is 1. The van der Waals surface area contributed by atoms with Crippen molar-refractivity contribution in [1.29, 1.82) is 0 Å². The van der Waals surface area contributed by atoms with Gasteiger partial charge in [-0.3, -0.25) is 9.59 Å². The molecule has 0 atom stereocenters. The number of hydrazone groups is 1. The summed E-state index contributed by atoms with van der Waals surface area (Å²) in [6, 6.07) is 15.6. The molecule has 0 aliphatic rings. The lowest BCUT2D eigenvalue weighted by molar-refractivity contribution is -0.121. The number of likely N-dealkylation sites (N-methyl/N-ethyl adjacent to an activating group) is 1. The minimum atomic E-state index is -3.90. The first-order chi connectivity index (χ1) is 16.5. The molecule has 3 rings (SSSR count). The molecule has 0 bridgehead atoms. The Hall–Kier alpha value is -3.28. The summed E-state index contributed by atoms with van der Waals surface area (Å²) >= 11 is 3.48. The lowest BCUT2D eigenvalue weighted by Gasteiger charge is -2.16. The van der Waals surface area contributed by atoms with Gasteiger partial charge in [-0.15, -0.1) is 0 Å². The topological polar surface area (TPSA) is 113 Å². The van der Waals surface area contributed by atoms with Crippen LogP contribution in [0.3, 0.4) is 0 Å². The van der Waals surface area contributed by atoms with E-state index in [9.17, 15) is 18.0 Å². The molecule has 0 unspecified atom stereocenters. The van der Waals surface area contributed by atoms with Crippen LogP contribution in [0.25, 0.3) is 5.69 Å². The van der Waals surface area contributed by atoms with Gasteiger partial charge in [0.1, 0.15) is 0 Å². The Morgan fingerprint density at radius 1 is 1.11 bits per heavy atom. The molecule has 0 spiro atoms. The lowest BCUT2D eigenvalue weighted by atomic mass is 10.2. The first-order valence-corrected chi connectivity index (χ1v) is 12.8. The largest absolute Gasteiger partial charge is 0.326 e. The van der Waals surface area contributed by atoms with E-state index >= 15 is 0 Å². The number of aryl methyl sites for hydroxylation is 1. The summed E-state index contributed by atoms with van der Waals surface area (Å²) in [7, 11) is -2.59. The van der Waals surface area contributed by atoms with Crippen LogP contribution in [0, 0.1) is 13.8 Å². The van der Waals surface area contributed by atoms with Gasteiger partial charge in [0.15, 0.2) is 0 Å². The molecule has 0 saturated carbocycles. The quantitative estimate of drug-likeness (QED) is 0.324. The number of anilines is 1. The number of benzene rings is 2. The van der Waals surface area contributed by atoms with Gasteiger partial charge in [-0.05, 0) is 62.4 Å². The Morgan fingerprint density at radius 3 is 2.43 bits per heavy atom. The summed E-state index contributed by atoms with van der Waals surface area (Å²) < 4.78 is 29.5. The number of aromatic nitrogens is 1. The van der Waals surface area contributed by atoms with E-state index < -0.39 is 22.5 Å². The average Bonchev–Trinajstić information content (AvgIpc) is 3.06. The normalized spacial score (nSPS) is 11.7. The van der Waals surface area contributed by atoms with Crippen LogP contribution in [0.1, 0.15) is 23.9 Å². The molecule has 2 N–H and O–H groups in total. The number of carbonyl (C=O) groups excluding carboxylic acids is 2. The van der Waals surface area contributed by atoms with Crippen LogP contribution in [0.2, 0.25) is 0 Å². The Kier molecular flexibility index (Phi) is 8.26. The Morgan fingerprint density at radius 2 is 1.80 bits per heavy atom. The van der Waals surface area contributed by atoms with Gasteiger partial charge in [-0.2, -0.15) is 9.41 Å². The van der Waals surface area contributed by atoms with Crippen LogP contribution in [0.15, 0.2) is 69.1 Å². The van der Waals surface area contributed by atoms with E-state index in [0.29, 0.717) is 5.69 Å². The predicted molar refractivity (Wildman–Crippen MR) is 139 cm³/mol. The molecule has 0 saturated heterocycles. The summed E-state index contributed by atoms with van der Waals surface area (Å²) in [5.41, 5.74) is 6.62. The number of nitrogens with zero attached hydrogens (tertiary/aromatic N) is 3. The third-order valence-corrected chi connectivity index (χ3v) is 7.49. The van der Waals surface area contributed by atoms with Gasteiger partial charge in [0.05, 0.1) is 17.7 Å². The SMILES string of the molecule is CC(=O)Nc1ccc(S(=O)(=O)N(C)CC(=O)N/N=C/c2cc(C)n(-c3cccc(Br)c3)c2C)cc1. The standard InChI is InChI=1S/C24H26BrN5O4S/c1-16-12-19(17(2)30(16)22-7-5-6-20(25)13-22)14-26-28-24(32)15-29(4)35(33,34)23-10-8-21(9-11-23)27-18(3)31/h5-14H,15H2,1-4H3,(H,27,31)(H,28,32)/b26-14+. The molecular weight excluding hydrogens is 534 g/mol. The highest BCUT2D eigenvalue weighted by molar-refractivity contribution is 9.10. The Bertz CT molecular complexity index is 1380. The minimum Gasteiger partial charge on any atom is -0.326 e. The molecule has 184 valence electrons. The van der Waals surface area contributed by atoms with Crippen LogP contribution < -0.4 is 10.7 Å². The van der Waals surface area contributed by atoms with Crippen molar-refractivity contribution < 1.29 is 18.0 Å². The maximum atomic E-state index is 12.8. The number of hydrogen-bond donors (Lipinski definition) is 2. The van der Waals surface area contributed by atoms with Crippen LogP contribution in [-0.2, 0) is 19.6 Å². The van der Waals surface area contributed by atoms with Gasteiger partial charge in [-0.1, -0.05) is 22.0 Å². The Balaban J connectivity index is 1.64. The van der Waals surface area contributed by atoms with Crippen molar-refractivity contribution >= 4 is 49.7 Å². The van der Waals surface area contributed by atoms with Crippen LogP contribution >= 0.6 is 15.9 Å². The number of sulfonamides is 1. The Labute approximate surface area is 213 Å². The zero-order valence-corrected chi connectivity index (χ0v) is 22.1. The average molecular weight is 560 g/mol. The fraction of sp³-hybridized carbons (Fsp3) is 0.208. The van der Waals surface area contributed by atoms with Crippen molar-refractivity contribution in [2.45, 2.75) is 25.7 Å². The number of amides is 2. The highest BCUT2D eigenvalue weighted by Crippen LogP contribution is 2.22. The third-order valence-electron chi connectivity index (χ3n) is 5.18. The molecule has 1 heterocycles. The highest BCUT2D eigenvalue weighted by Gasteiger charge is 2.23. The number of carbonyl (C=O) groups is 2. The van der Waals surface area contributed by atoms with E-state index in [0.717, 1.165) is 31.4 Å². The summed E-state index contributed by atoms with van der Waals surface area (Å²) in [5, 5.41) is 6.58. The maximum absolute atomic E-state index is 12.8. The monoisotopic (exact) mass is 559 g/mol. The second kappa shape index (κ2) is 11.0. The fourth-order valence-corrected chi connectivity index (χ4v) is 5.03. The molecule has 2 aromatic carbocycles. The van der Waals surface area contributed by atoms with Crippen molar-refractivity contribution in [3.05, 3.63) is 76.0 Å². The smallest absolute Gasteiger partial charge is 0.255 e. The van der Waals surface area contributed by atoms with Crippen molar-refractivity contribution in [3.63, 3.8) is 0 Å². The highest BCUT2D eigenvalue weighted by atomic mass is 79.9. The van der Waals surface area contributed by atoms with Gasteiger partial charge in [0.2, 0.25) is 15.9 Å². The van der Waals surface area contributed by atoms with Gasteiger partial charge in [-0.25, -0.2) is 13.8 Å². The summed E-state index contributed by atoms with van der Waals surface area (Å²) in [5.74, 6) is -0.840. The molecule has 0 fully saturated rings. The minimum absolute atomic E-state index is 0.00499. The third kappa shape index (κ3) is 6.44. The molecule has 11 heteroatoms. The van der Waals surface area contributed by atoms with Crippen molar-refractivity contribution in [2.24, 2.45) is 5.10 Å². The molecule has 1 aromatic heterocycles. The van der Waals surface area contributed by atoms with Gasteiger partial charge >= 0.3 is 0 Å². The molecule has 0 aliphatic heterocycles. The van der Waals surface area contributed by atoms with Crippen LogP contribution in [0.4, 0.5) is 5.69 Å². The molecule has 3 aromatic rings. The first kappa shape index (κ1) is 26.3. The number of hydrogen-bond acceptors (Lipinski definition) is 5. The van der Waals surface area contributed by atoms with Crippen LogP contribution in [0.5, 0.6) is 0 Å². The van der Waals surface area contributed by atoms with Gasteiger partial charge < -0.3 is 9.88 Å². The van der Waals surface area contributed by atoms with Crippen molar-refractivity contribution in [2.75, 3.05) is 18.9 Å². The second-order valence-corrected chi connectivity index (χ2v) is 10.9. The summed E-state index contributed by atoms with van der Waals surface area (Å²) in [6.45, 7) is 4.88. The van der Waals surface area contributed by atoms with Crippen molar-refractivity contribution in [1.82, 2.24) is 14.3 Å². The van der Waals surface area contributed by atoms with E-state index in [4.69, 9.17) is 0 Å². The van der Waals surface area contributed by atoms with E-state index in [-0.39, 0.29) is 10.8 Å². The molecule has 0 aliphatic carbocycles. The fourth-order valence-electron chi connectivity index (χ4n) is 3.52. The number of nitrogens with one attached hydrogen (secondary N) is 2. The first-order valence-electron chi connectivity index (χ1n) is 10.6. The molecular formula is C24H26BrN5O4S. The van der Waals surface area contributed by atoms with E-state index in [1.807, 2.05) is 44.2 Å². The van der Waals surface area contributed by atoms with E-state index in [2.05, 4.69) is 36.3 Å². The van der Waals surface area contributed by atoms with E-state index in [1.165, 1.54) is 44.5 Å². The second-order valence-electron chi connectivity index (χ2n) is 7.90. The number of rotatable bonds is 8. The van der Waals surface area contributed by atoms with E-state index in [1.54, 1.807) is 0 Å². The predicted octanol–water partition coefficient (Wildman–Crippen LogP) is 3.59. The molecule has 9 nitrogen and oxygen atoms in total. The lowest BCUT2D eigenvalue weighted by Crippen LogP contribution is -2.36. The van der Waals surface area contributed by atoms with Crippen molar-refractivity contribution in [3.8, 4) is 5.69 Å².